The van der Waals surface area contributed by atoms with Gasteiger partial charge in [-0.05, 0) is 13.5 Å². The van der Waals surface area contributed by atoms with E-state index in [1.54, 1.807) is 0 Å². The fraction of sp³-hybridized carbons (Fsp3) is 0.700. The van der Waals surface area contributed by atoms with Gasteiger partial charge in [0.1, 0.15) is 5.01 Å². The highest BCUT2D eigenvalue weighted by Gasteiger charge is 2.21. The molecule has 1 saturated heterocycles. The third kappa shape index (κ3) is 3.14. The molecule has 0 unspecified atom stereocenters. The van der Waals surface area contributed by atoms with Gasteiger partial charge in [0.15, 0.2) is 0 Å². The van der Waals surface area contributed by atoms with Crippen LogP contribution in [0.1, 0.15) is 16.8 Å². The molecule has 0 bridgehead atoms. The zero-order valence-electron chi connectivity index (χ0n) is 9.19. The predicted molar refractivity (Wildman–Crippen MR) is 66.9 cm³/mol. The van der Waals surface area contributed by atoms with E-state index in [-0.39, 0.29) is 12.4 Å². The summed E-state index contributed by atoms with van der Waals surface area (Å²) in [7, 11) is 2.18. The molecule has 0 saturated carbocycles. The number of hydrogen-bond acceptors (Lipinski definition) is 4. The maximum atomic E-state index is 4.42. The van der Waals surface area contributed by atoms with Crippen molar-refractivity contribution in [2.24, 2.45) is 0 Å². The van der Waals surface area contributed by atoms with Crippen LogP contribution in [0.15, 0.2) is 6.20 Å². The summed E-state index contributed by atoms with van der Waals surface area (Å²) >= 11 is 1.84. The molecule has 15 heavy (non-hydrogen) atoms. The third-order valence-corrected chi connectivity index (χ3v) is 3.84. The van der Waals surface area contributed by atoms with Gasteiger partial charge in [0, 0.05) is 30.2 Å². The summed E-state index contributed by atoms with van der Waals surface area (Å²) in [6.45, 7) is 5.43. The van der Waals surface area contributed by atoms with E-state index in [1.165, 1.54) is 9.88 Å². The number of hydrogen-bond donors (Lipinski definition) is 1. The van der Waals surface area contributed by atoms with Crippen molar-refractivity contribution in [2.75, 3.05) is 20.1 Å². The first-order valence-corrected chi connectivity index (χ1v) is 5.95. The van der Waals surface area contributed by atoms with Crippen molar-refractivity contribution >= 4 is 23.7 Å². The second-order valence-corrected chi connectivity index (χ2v) is 5.00. The highest BCUT2D eigenvalue weighted by molar-refractivity contribution is 7.11. The van der Waals surface area contributed by atoms with Gasteiger partial charge >= 0.3 is 0 Å². The van der Waals surface area contributed by atoms with Crippen LogP contribution < -0.4 is 5.32 Å². The molecule has 1 aromatic heterocycles. The summed E-state index contributed by atoms with van der Waals surface area (Å²) in [4.78, 5) is 8.20. The zero-order valence-corrected chi connectivity index (χ0v) is 10.8. The molecule has 0 amide bonds. The lowest BCUT2D eigenvalue weighted by Gasteiger charge is -2.35. The molecule has 0 spiro atoms. The molecule has 0 aliphatic carbocycles. The first-order valence-electron chi connectivity index (χ1n) is 5.14. The predicted octanol–water partition coefficient (Wildman–Crippen LogP) is 1.53. The van der Waals surface area contributed by atoms with Gasteiger partial charge in [0.25, 0.3) is 0 Å². The molecule has 3 nitrogen and oxygen atoms in total. The number of halogens is 1. The molecule has 2 rings (SSSR count). The largest absolute Gasteiger partial charge is 0.314 e. The van der Waals surface area contributed by atoms with Crippen LogP contribution in [0, 0.1) is 0 Å². The number of aromatic nitrogens is 1. The molecule has 1 N–H and O–H groups in total. The first kappa shape index (κ1) is 12.9. The van der Waals surface area contributed by atoms with Crippen LogP contribution in [0.2, 0.25) is 0 Å². The van der Waals surface area contributed by atoms with Crippen molar-refractivity contribution in [1.82, 2.24) is 15.2 Å². The molecule has 2 heterocycles. The van der Waals surface area contributed by atoms with Crippen LogP contribution in [0.25, 0.3) is 0 Å². The molecular formula is C10H18ClN3S. The number of rotatable bonds is 4. The third-order valence-electron chi connectivity index (χ3n) is 2.72. The van der Waals surface area contributed by atoms with Crippen molar-refractivity contribution < 1.29 is 0 Å². The second kappa shape index (κ2) is 5.80. The number of aryl methyl sites for hydroxylation is 1. The van der Waals surface area contributed by atoms with E-state index in [0.717, 1.165) is 26.1 Å². The van der Waals surface area contributed by atoms with Crippen molar-refractivity contribution in [3.05, 3.63) is 16.1 Å². The number of nitrogens with zero attached hydrogens (tertiary/aromatic N) is 2. The number of thiazole rings is 1. The van der Waals surface area contributed by atoms with Crippen molar-refractivity contribution in [3.63, 3.8) is 0 Å². The maximum Gasteiger partial charge on any atom is 0.107 e. The minimum atomic E-state index is 0. The molecule has 1 aliphatic rings. The lowest BCUT2D eigenvalue weighted by atomic mass is 10.1. The summed E-state index contributed by atoms with van der Waals surface area (Å²) in [5.41, 5.74) is 0. The molecule has 1 fully saturated rings. The highest BCUT2D eigenvalue weighted by atomic mass is 35.5. The smallest absolute Gasteiger partial charge is 0.107 e. The van der Waals surface area contributed by atoms with Gasteiger partial charge in [-0.25, -0.2) is 4.98 Å². The van der Waals surface area contributed by atoms with Crippen molar-refractivity contribution in [1.29, 1.82) is 0 Å². The SMILES string of the molecule is CCc1cnc(CN(C)C2CNC2)s1.Cl. The zero-order chi connectivity index (χ0) is 9.97. The van der Waals surface area contributed by atoms with Crippen LogP contribution in [0.3, 0.4) is 0 Å². The average molecular weight is 248 g/mol. The minimum Gasteiger partial charge on any atom is -0.314 e. The Morgan fingerprint density at radius 2 is 2.33 bits per heavy atom. The Kier molecular flexibility index (Phi) is 4.99. The fourth-order valence-corrected chi connectivity index (χ4v) is 2.44. The van der Waals surface area contributed by atoms with Gasteiger partial charge in [-0.15, -0.1) is 23.7 Å². The number of nitrogens with one attached hydrogen (secondary N) is 1. The van der Waals surface area contributed by atoms with Gasteiger partial charge < -0.3 is 5.32 Å². The van der Waals surface area contributed by atoms with Crippen LogP contribution in [-0.4, -0.2) is 36.1 Å². The Morgan fingerprint density at radius 3 is 2.80 bits per heavy atom. The second-order valence-electron chi connectivity index (χ2n) is 3.80. The molecule has 0 aromatic carbocycles. The van der Waals surface area contributed by atoms with Crippen molar-refractivity contribution in [3.8, 4) is 0 Å². The summed E-state index contributed by atoms with van der Waals surface area (Å²) in [5.74, 6) is 0. The van der Waals surface area contributed by atoms with E-state index in [4.69, 9.17) is 0 Å². The lowest BCUT2D eigenvalue weighted by molar-refractivity contribution is 0.173. The normalized spacial score (nSPS) is 16.2. The monoisotopic (exact) mass is 247 g/mol. The van der Waals surface area contributed by atoms with E-state index in [2.05, 4.69) is 29.2 Å². The Labute approximate surface area is 101 Å². The Morgan fingerprint density at radius 1 is 1.60 bits per heavy atom. The quantitative estimate of drug-likeness (QED) is 0.875. The summed E-state index contributed by atoms with van der Waals surface area (Å²) in [5, 5.41) is 4.53. The Balaban J connectivity index is 0.00000112. The van der Waals surface area contributed by atoms with Crippen molar-refractivity contribution in [2.45, 2.75) is 25.9 Å². The molecule has 1 aliphatic heterocycles. The van der Waals surface area contributed by atoms with Gasteiger partial charge in [-0.2, -0.15) is 0 Å². The topological polar surface area (TPSA) is 28.2 Å². The lowest BCUT2D eigenvalue weighted by Crippen LogP contribution is -2.55. The van der Waals surface area contributed by atoms with E-state index in [1.807, 2.05) is 17.5 Å². The molecule has 0 atom stereocenters. The average Bonchev–Trinajstić information content (AvgIpc) is 2.48. The molecule has 5 heteroatoms. The van der Waals surface area contributed by atoms with Crippen LogP contribution in [-0.2, 0) is 13.0 Å². The van der Waals surface area contributed by atoms with Gasteiger partial charge in [-0.3, -0.25) is 4.90 Å². The summed E-state index contributed by atoms with van der Waals surface area (Å²) in [6.07, 6.45) is 3.11. The van der Waals surface area contributed by atoms with Gasteiger partial charge in [0.05, 0.1) is 6.54 Å². The Bertz CT molecular complexity index is 299. The van der Waals surface area contributed by atoms with Crippen LogP contribution in [0.4, 0.5) is 0 Å². The van der Waals surface area contributed by atoms with E-state index in [0.29, 0.717) is 6.04 Å². The van der Waals surface area contributed by atoms with Crippen LogP contribution in [0.5, 0.6) is 0 Å². The molecular weight excluding hydrogens is 230 g/mol. The summed E-state index contributed by atoms with van der Waals surface area (Å²) in [6, 6.07) is 0.712. The van der Waals surface area contributed by atoms with Gasteiger partial charge in [0.2, 0.25) is 0 Å². The molecule has 86 valence electrons. The van der Waals surface area contributed by atoms with E-state index < -0.39 is 0 Å². The summed E-state index contributed by atoms with van der Waals surface area (Å²) < 4.78 is 0. The standard InChI is InChI=1S/C10H17N3S.ClH/c1-3-9-6-12-10(14-9)7-13(2)8-4-11-5-8;/h6,8,11H,3-5,7H2,1-2H3;1H. The highest BCUT2D eigenvalue weighted by Crippen LogP contribution is 2.16. The minimum absolute atomic E-state index is 0. The maximum absolute atomic E-state index is 4.42. The fourth-order valence-electron chi connectivity index (χ4n) is 1.51. The van der Waals surface area contributed by atoms with E-state index in [9.17, 15) is 0 Å². The molecule has 0 radical (unpaired) electrons. The van der Waals surface area contributed by atoms with Gasteiger partial charge in [-0.1, -0.05) is 6.92 Å². The number of likely N-dealkylation sites (N-methyl/N-ethyl adjacent to an activating group) is 1. The van der Waals surface area contributed by atoms with E-state index >= 15 is 0 Å². The van der Waals surface area contributed by atoms with Crippen LogP contribution >= 0.6 is 23.7 Å². The Hall–Kier alpha value is -0.160. The molecule has 1 aromatic rings. The first-order chi connectivity index (χ1) is 6.79.